The predicted molar refractivity (Wildman–Crippen MR) is 96.9 cm³/mol. The molecule has 1 aromatic heterocycles. The van der Waals surface area contributed by atoms with Crippen molar-refractivity contribution in [1.29, 1.82) is 0 Å². The van der Waals surface area contributed by atoms with Gasteiger partial charge in [-0.05, 0) is 33.3 Å². The van der Waals surface area contributed by atoms with Crippen LogP contribution in [0, 0.1) is 6.92 Å². The molecule has 2 N–H and O–H groups in total. The highest BCUT2D eigenvalue weighted by Gasteiger charge is 2.24. The van der Waals surface area contributed by atoms with E-state index in [4.69, 9.17) is 0 Å². The second-order valence-electron chi connectivity index (χ2n) is 6.63. The predicted octanol–water partition coefficient (Wildman–Crippen LogP) is 3.50. The first kappa shape index (κ1) is 18.4. The minimum atomic E-state index is -0.965. The molecule has 2 rings (SSSR count). The summed E-state index contributed by atoms with van der Waals surface area (Å²) in [6.07, 6.45) is 1.81. The molecule has 2 amide bonds. The average molecular weight is 347 g/mol. The summed E-state index contributed by atoms with van der Waals surface area (Å²) in [6, 6.07) is 9.39. The summed E-state index contributed by atoms with van der Waals surface area (Å²) in [5.41, 5.74) is 0.0577. The SMILES string of the molecule is Cc1cnc([C@@H](C)NC(=O)N(Cc2ccccc2)CC(C)(C)O)s1. The first-order valence-electron chi connectivity index (χ1n) is 7.99. The minimum Gasteiger partial charge on any atom is -0.389 e. The lowest BCUT2D eigenvalue weighted by molar-refractivity contribution is 0.0443. The van der Waals surface area contributed by atoms with E-state index in [0.717, 1.165) is 15.4 Å². The molecule has 0 saturated heterocycles. The second kappa shape index (κ2) is 7.77. The fourth-order valence-electron chi connectivity index (χ4n) is 2.38. The van der Waals surface area contributed by atoms with Gasteiger partial charge < -0.3 is 15.3 Å². The number of carbonyl (C=O) groups is 1. The summed E-state index contributed by atoms with van der Waals surface area (Å²) in [4.78, 5) is 19.8. The largest absolute Gasteiger partial charge is 0.389 e. The van der Waals surface area contributed by atoms with Crippen LogP contribution in [0.4, 0.5) is 4.79 Å². The van der Waals surface area contributed by atoms with Crippen LogP contribution in [0.2, 0.25) is 0 Å². The van der Waals surface area contributed by atoms with Crippen LogP contribution in [0.1, 0.15) is 42.3 Å². The Morgan fingerprint density at radius 3 is 2.58 bits per heavy atom. The summed E-state index contributed by atoms with van der Waals surface area (Å²) in [6.45, 7) is 8.00. The van der Waals surface area contributed by atoms with E-state index in [1.807, 2.05) is 44.2 Å². The van der Waals surface area contributed by atoms with Crippen molar-refractivity contribution < 1.29 is 9.90 Å². The van der Waals surface area contributed by atoms with Crippen LogP contribution in [0.15, 0.2) is 36.5 Å². The topological polar surface area (TPSA) is 65.5 Å². The maximum atomic E-state index is 12.7. The third-order valence-electron chi connectivity index (χ3n) is 3.43. The lowest BCUT2D eigenvalue weighted by Crippen LogP contribution is -2.47. The van der Waals surface area contributed by atoms with Gasteiger partial charge in [0.15, 0.2) is 0 Å². The summed E-state index contributed by atoms with van der Waals surface area (Å²) in [5.74, 6) is 0. The van der Waals surface area contributed by atoms with Crippen molar-refractivity contribution in [3.8, 4) is 0 Å². The fraction of sp³-hybridized carbons (Fsp3) is 0.444. The zero-order chi connectivity index (χ0) is 17.7. The van der Waals surface area contributed by atoms with Gasteiger partial charge in [0.05, 0.1) is 18.2 Å². The van der Waals surface area contributed by atoms with Crippen molar-refractivity contribution in [2.24, 2.45) is 0 Å². The van der Waals surface area contributed by atoms with E-state index < -0.39 is 5.60 Å². The highest BCUT2D eigenvalue weighted by Crippen LogP contribution is 2.20. The first-order chi connectivity index (χ1) is 11.2. The molecule has 24 heavy (non-hydrogen) atoms. The number of thiazole rings is 1. The number of rotatable bonds is 6. The average Bonchev–Trinajstić information content (AvgIpc) is 2.93. The van der Waals surface area contributed by atoms with Gasteiger partial charge in [-0.1, -0.05) is 30.3 Å². The third kappa shape index (κ3) is 5.62. The number of benzene rings is 1. The maximum absolute atomic E-state index is 12.7. The Balaban J connectivity index is 2.08. The molecule has 0 saturated carbocycles. The van der Waals surface area contributed by atoms with Gasteiger partial charge in [-0.3, -0.25) is 0 Å². The van der Waals surface area contributed by atoms with Crippen LogP contribution in [0.25, 0.3) is 0 Å². The number of aryl methyl sites for hydroxylation is 1. The zero-order valence-electron chi connectivity index (χ0n) is 14.6. The number of hydrogen-bond acceptors (Lipinski definition) is 4. The number of hydrogen-bond donors (Lipinski definition) is 2. The molecule has 5 nitrogen and oxygen atoms in total. The molecule has 0 aliphatic rings. The fourth-order valence-corrected chi connectivity index (χ4v) is 3.16. The van der Waals surface area contributed by atoms with Crippen LogP contribution < -0.4 is 5.32 Å². The molecule has 0 fully saturated rings. The number of aliphatic hydroxyl groups is 1. The van der Waals surface area contributed by atoms with E-state index >= 15 is 0 Å². The van der Waals surface area contributed by atoms with Gasteiger partial charge in [0.2, 0.25) is 0 Å². The molecule has 2 aromatic rings. The van der Waals surface area contributed by atoms with Crippen LogP contribution in [0.3, 0.4) is 0 Å². The standard InChI is InChI=1S/C18H25N3O2S/c1-13-10-19-16(24-13)14(2)20-17(22)21(12-18(3,4)23)11-15-8-6-5-7-9-15/h5-10,14,23H,11-12H2,1-4H3,(H,20,22)/t14-/m1/s1. The zero-order valence-corrected chi connectivity index (χ0v) is 15.4. The molecule has 0 aliphatic heterocycles. The smallest absolute Gasteiger partial charge is 0.318 e. The number of nitrogens with one attached hydrogen (secondary N) is 1. The van der Waals surface area contributed by atoms with E-state index in [9.17, 15) is 9.90 Å². The first-order valence-corrected chi connectivity index (χ1v) is 8.80. The molecular weight excluding hydrogens is 322 g/mol. The van der Waals surface area contributed by atoms with Gasteiger partial charge in [-0.15, -0.1) is 11.3 Å². The van der Waals surface area contributed by atoms with Crippen molar-refractivity contribution in [3.63, 3.8) is 0 Å². The van der Waals surface area contributed by atoms with Crippen molar-refractivity contribution in [2.75, 3.05) is 6.54 Å². The van der Waals surface area contributed by atoms with Gasteiger partial charge in [0.1, 0.15) is 5.01 Å². The number of urea groups is 1. The third-order valence-corrected chi connectivity index (χ3v) is 4.53. The van der Waals surface area contributed by atoms with Gasteiger partial charge in [-0.25, -0.2) is 9.78 Å². The van der Waals surface area contributed by atoms with Crippen molar-refractivity contribution in [3.05, 3.63) is 52.0 Å². The monoisotopic (exact) mass is 347 g/mol. The van der Waals surface area contributed by atoms with E-state index in [-0.39, 0.29) is 18.6 Å². The summed E-state index contributed by atoms with van der Waals surface area (Å²) in [7, 11) is 0. The lowest BCUT2D eigenvalue weighted by Gasteiger charge is -2.30. The highest BCUT2D eigenvalue weighted by atomic mass is 32.1. The molecule has 130 valence electrons. The Bertz CT molecular complexity index is 664. The second-order valence-corrected chi connectivity index (χ2v) is 7.90. The van der Waals surface area contributed by atoms with Gasteiger partial charge in [0, 0.05) is 17.6 Å². The number of nitrogens with zero attached hydrogens (tertiary/aromatic N) is 2. The highest BCUT2D eigenvalue weighted by molar-refractivity contribution is 7.11. The normalized spacial score (nSPS) is 12.7. The molecule has 1 aromatic carbocycles. The van der Waals surface area contributed by atoms with Crippen LogP contribution in [-0.2, 0) is 6.54 Å². The molecule has 0 unspecified atom stereocenters. The van der Waals surface area contributed by atoms with Crippen molar-refractivity contribution >= 4 is 17.4 Å². The Kier molecular flexibility index (Phi) is 5.96. The van der Waals surface area contributed by atoms with Crippen molar-refractivity contribution in [1.82, 2.24) is 15.2 Å². The number of aromatic nitrogens is 1. The molecule has 0 radical (unpaired) electrons. The van der Waals surface area contributed by atoms with Crippen molar-refractivity contribution in [2.45, 2.75) is 45.9 Å². The molecule has 0 spiro atoms. The summed E-state index contributed by atoms with van der Waals surface area (Å²) in [5, 5.41) is 14.0. The van der Waals surface area contributed by atoms with Gasteiger partial charge in [-0.2, -0.15) is 0 Å². The number of amides is 2. The Morgan fingerprint density at radius 1 is 1.38 bits per heavy atom. The summed E-state index contributed by atoms with van der Waals surface area (Å²) < 4.78 is 0. The van der Waals surface area contributed by atoms with Gasteiger partial charge >= 0.3 is 6.03 Å². The molecule has 0 bridgehead atoms. The Labute approximate surface area is 147 Å². The van der Waals surface area contributed by atoms with Crippen LogP contribution in [-0.4, -0.2) is 33.2 Å². The molecular formula is C18H25N3O2S. The molecule has 1 heterocycles. The van der Waals surface area contributed by atoms with E-state index in [0.29, 0.717) is 6.54 Å². The van der Waals surface area contributed by atoms with Gasteiger partial charge in [0.25, 0.3) is 0 Å². The van der Waals surface area contributed by atoms with Crippen LogP contribution >= 0.6 is 11.3 Å². The maximum Gasteiger partial charge on any atom is 0.318 e. The molecule has 1 atom stereocenters. The van der Waals surface area contributed by atoms with E-state index in [1.165, 1.54) is 0 Å². The Morgan fingerprint density at radius 2 is 2.04 bits per heavy atom. The quantitative estimate of drug-likeness (QED) is 0.840. The number of carbonyl (C=O) groups excluding carboxylic acids is 1. The Hall–Kier alpha value is -1.92. The van der Waals surface area contributed by atoms with E-state index in [2.05, 4.69) is 10.3 Å². The summed E-state index contributed by atoms with van der Waals surface area (Å²) >= 11 is 1.57. The molecule has 6 heteroatoms. The molecule has 0 aliphatic carbocycles. The van der Waals surface area contributed by atoms with Crippen LogP contribution in [0.5, 0.6) is 0 Å². The minimum absolute atomic E-state index is 0.170. The lowest BCUT2D eigenvalue weighted by atomic mass is 10.1. The van der Waals surface area contributed by atoms with E-state index in [1.54, 1.807) is 36.3 Å².